The van der Waals surface area contributed by atoms with Gasteiger partial charge in [0.15, 0.2) is 0 Å². The fourth-order valence-electron chi connectivity index (χ4n) is 2.00. The molecule has 0 aromatic heterocycles. The number of nitrogens with zero attached hydrogens (tertiary/aromatic N) is 2. The summed E-state index contributed by atoms with van der Waals surface area (Å²) >= 11 is 0. The van der Waals surface area contributed by atoms with Gasteiger partial charge in [0.1, 0.15) is 5.69 Å². The topological polar surface area (TPSA) is 58.4 Å². The monoisotopic (exact) mass is 269 g/mol. The van der Waals surface area contributed by atoms with Crippen LogP contribution in [0.1, 0.15) is 20.8 Å². The van der Waals surface area contributed by atoms with E-state index in [1.807, 2.05) is 6.92 Å². The van der Waals surface area contributed by atoms with Gasteiger partial charge in [0.05, 0.1) is 4.92 Å². The highest BCUT2D eigenvalue weighted by molar-refractivity contribution is 5.62. The van der Waals surface area contributed by atoms with Crippen molar-refractivity contribution in [2.75, 3.05) is 25.0 Å². The molecule has 0 heterocycles. The lowest BCUT2D eigenvalue weighted by Crippen LogP contribution is -2.34. The molecule has 1 N–H and O–H groups in total. The minimum absolute atomic E-state index is 0.000370. The second-order valence-corrected chi connectivity index (χ2v) is 4.42. The molecule has 0 amide bonds. The predicted molar refractivity (Wildman–Crippen MR) is 73.9 cm³/mol. The number of nitro groups is 1. The number of para-hydroxylation sites is 1. The van der Waals surface area contributed by atoms with Gasteiger partial charge in [-0.25, -0.2) is 0 Å². The molecule has 0 radical (unpaired) electrons. The highest BCUT2D eigenvalue weighted by Gasteiger charge is 2.21. The van der Waals surface area contributed by atoms with Crippen LogP contribution in [0.3, 0.4) is 0 Å². The standard InChI is InChI=1S/C13H20FN3O2/c1-4-16(5-2)9-10(3)15-12-8-6-7-11(14)13(12)17(18)19/h6-8,10,15H,4-5,9H2,1-3H3. The second kappa shape index (κ2) is 7.04. The van der Waals surface area contributed by atoms with Crippen molar-refractivity contribution < 1.29 is 9.31 Å². The molecule has 1 aromatic rings. The molecular formula is C13H20FN3O2. The second-order valence-electron chi connectivity index (χ2n) is 4.42. The molecule has 5 nitrogen and oxygen atoms in total. The Labute approximate surface area is 112 Å². The van der Waals surface area contributed by atoms with Gasteiger partial charge in [0.25, 0.3) is 0 Å². The maximum atomic E-state index is 13.5. The first-order valence-electron chi connectivity index (χ1n) is 6.41. The van der Waals surface area contributed by atoms with Gasteiger partial charge in [-0.3, -0.25) is 10.1 Å². The van der Waals surface area contributed by atoms with Crippen LogP contribution in [0.5, 0.6) is 0 Å². The van der Waals surface area contributed by atoms with E-state index in [-0.39, 0.29) is 11.7 Å². The minimum atomic E-state index is -0.815. The molecule has 0 aliphatic heterocycles. The quantitative estimate of drug-likeness (QED) is 0.611. The number of nitrogens with one attached hydrogen (secondary N) is 1. The summed E-state index contributed by atoms with van der Waals surface area (Å²) in [5.74, 6) is -0.815. The first-order valence-corrected chi connectivity index (χ1v) is 6.41. The molecule has 1 aromatic carbocycles. The molecule has 106 valence electrons. The van der Waals surface area contributed by atoms with Crippen LogP contribution in [0.2, 0.25) is 0 Å². The van der Waals surface area contributed by atoms with E-state index in [0.717, 1.165) is 25.7 Å². The van der Waals surface area contributed by atoms with Crippen molar-refractivity contribution in [3.63, 3.8) is 0 Å². The first kappa shape index (κ1) is 15.4. The van der Waals surface area contributed by atoms with Crippen LogP contribution >= 0.6 is 0 Å². The van der Waals surface area contributed by atoms with Crippen molar-refractivity contribution in [3.05, 3.63) is 34.1 Å². The van der Waals surface area contributed by atoms with Crippen molar-refractivity contribution in [3.8, 4) is 0 Å². The van der Waals surface area contributed by atoms with Crippen LogP contribution in [-0.2, 0) is 0 Å². The summed E-state index contributed by atoms with van der Waals surface area (Å²) in [5, 5.41) is 13.9. The van der Waals surface area contributed by atoms with E-state index in [1.165, 1.54) is 12.1 Å². The Morgan fingerprint density at radius 2 is 2.05 bits per heavy atom. The molecule has 0 aliphatic carbocycles. The largest absolute Gasteiger partial charge is 0.376 e. The van der Waals surface area contributed by atoms with E-state index in [2.05, 4.69) is 24.1 Å². The third-order valence-electron chi connectivity index (χ3n) is 3.00. The summed E-state index contributed by atoms with van der Waals surface area (Å²) in [5.41, 5.74) is -0.265. The Morgan fingerprint density at radius 1 is 1.42 bits per heavy atom. The fourth-order valence-corrected chi connectivity index (χ4v) is 2.00. The zero-order valence-corrected chi connectivity index (χ0v) is 11.5. The van der Waals surface area contributed by atoms with Gasteiger partial charge >= 0.3 is 5.69 Å². The molecule has 0 bridgehead atoms. The first-order chi connectivity index (χ1) is 8.99. The SMILES string of the molecule is CCN(CC)CC(C)Nc1cccc(F)c1[N+](=O)[O-]. The lowest BCUT2D eigenvalue weighted by molar-refractivity contribution is -0.386. The lowest BCUT2D eigenvalue weighted by Gasteiger charge is -2.24. The molecule has 0 aliphatic rings. The third kappa shape index (κ3) is 4.17. The maximum absolute atomic E-state index is 13.5. The predicted octanol–water partition coefficient (Wildman–Crippen LogP) is 2.88. The summed E-state index contributed by atoms with van der Waals surface area (Å²) in [6, 6.07) is 4.09. The Balaban J connectivity index is 2.82. The van der Waals surface area contributed by atoms with Crippen LogP contribution < -0.4 is 5.32 Å². The van der Waals surface area contributed by atoms with Gasteiger partial charge in [-0.2, -0.15) is 4.39 Å². The van der Waals surface area contributed by atoms with Crippen LogP contribution in [0.15, 0.2) is 18.2 Å². The number of benzene rings is 1. The van der Waals surface area contributed by atoms with Gasteiger partial charge in [-0.15, -0.1) is 0 Å². The number of nitro benzene ring substituents is 1. The van der Waals surface area contributed by atoms with E-state index < -0.39 is 16.4 Å². The van der Waals surface area contributed by atoms with Crippen LogP contribution in [-0.4, -0.2) is 35.5 Å². The van der Waals surface area contributed by atoms with Crippen LogP contribution in [0.4, 0.5) is 15.8 Å². The average molecular weight is 269 g/mol. The summed E-state index contributed by atoms with van der Waals surface area (Å²) in [4.78, 5) is 12.4. The molecule has 0 saturated carbocycles. The number of rotatable bonds is 7. The van der Waals surface area contributed by atoms with E-state index in [4.69, 9.17) is 0 Å². The maximum Gasteiger partial charge on any atom is 0.327 e. The van der Waals surface area contributed by atoms with Gasteiger partial charge in [0.2, 0.25) is 5.82 Å². The normalized spacial score (nSPS) is 12.5. The van der Waals surface area contributed by atoms with Crippen molar-refractivity contribution in [1.29, 1.82) is 0 Å². The highest BCUT2D eigenvalue weighted by atomic mass is 19.1. The number of halogens is 1. The Morgan fingerprint density at radius 3 is 2.58 bits per heavy atom. The summed E-state index contributed by atoms with van der Waals surface area (Å²) < 4.78 is 13.5. The summed E-state index contributed by atoms with van der Waals surface area (Å²) in [6.07, 6.45) is 0. The fraction of sp³-hybridized carbons (Fsp3) is 0.538. The zero-order valence-electron chi connectivity index (χ0n) is 11.5. The number of hydrogen-bond acceptors (Lipinski definition) is 4. The van der Waals surface area contributed by atoms with E-state index in [1.54, 1.807) is 0 Å². The van der Waals surface area contributed by atoms with Gasteiger partial charge in [-0.1, -0.05) is 19.9 Å². The van der Waals surface area contributed by atoms with Crippen molar-refractivity contribution in [2.45, 2.75) is 26.8 Å². The molecule has 0 fully saturated rings. The summed E-state index contributed by atoms with van der Waals surface area (Å²) in [7, 11) is 0. The molecule has 0 saturated heterocycles. The summed E-state index contributed by atoms with van der Waals surface area (Å²) in [6.45, 7) is 8.61. The van der Waals surface area contributed by atoms with Crippen molar-refractivity contribution in [2.24, 2.45) is 0 Å². The van der Waals surface area contributed by atoms with E-state index >= 15 is 0 Å². The zero-order chi connectivity index (χ0) is 14.4. The molecule has 1 atom stereocenters. The number of hydrogen-bond donors (Lipinski definition) is 1. The molecule has 1 rings (SSSR count). The highest BCUT2D eigenvalue weighted by Crippen LogP contribution is 2.27. The minimum Gasteiger partial charge on any atom is -0.376 e. The Kier molecular flexibility index (Phi) is 5.69. The van der Waals surface area contributed by atoms with Crippen LogP contribution in [0, 0.1) is 15.9 Å². The number of anilines is 1. The Bertz CT molecular complexity index is 436. The van der Waals surface area contributed by atoms with Gasteiger partial charge < -0.3 is 10.2 Å². The van der Waals surface area contributed by atoms with E-state index in [0.29, 0.717) is 0 Å². The van der Waals surface area contributed by atoms with Crippen LogP contribution in [0.25, 0.3) is 0 Å². The van der Waals surface area contributed by atoms with Gasteiger partial charge in [-0.05, 0) is 32.1 Å². The van der Waals surface area contributed by atoms with E-state index in [9.17, 15) is 14.5 Å². The van der Waals surface area contributed by atoms with Gasteiger partial charge in [0, 0.05) is 12.6 Å². The average Bonchev–Trinajstić information content (AvgIpc) is 2.35. The third-order valence-corrected chi connectivity index (χ3v) is 3.00. The smallest absolute Gasteiger partial charge is 0.327 e. The number of likely N-dealkylation sites (N-methyl/N-ethyl adjacent to an activating group) is 1. The molecule has 6 heteroatoms. The van der Waals surface area contributed by atoms with Crippen molar-refractivity contribution in [1.82, 2.24) is 4.90 Å². The molecule has 0 spiro atoms. The van der Waals surface area contributed by atoms with Crippen molar-refractivity contribution >= 4 is 11.4 Å². The molecular weight excluding hydrogens is 249 g/mol. The Hall–Kier alpha value is -1.69. The molecule has 1 unspecified atom stereocenters. The molecule has 19 heavy (non-hydrogen) atoms. The lowest BCUT2D eigenvalue weighted by atomic mass is 10.2.